The zero-order valence-electron chi connectivity index (χ0n) is 9.50. The van der Waals surface area contributed by atoms with Crippen LogP contribution < -0.4 is 0 Å². The number of hydrogen-bond donors (Lipinski definition) is 1. The van der Waals surface area contributed by atoms with Crippen LogP contribution in [0.2, 0.25) is 0 Å². The molecule has 0 aliphatic carbocycles. The molecule has 15 heavy (non-hydrogen) atoms. The van der Waals surface area contributed by atoms with Gasteiger partial charge in [-0.3, -0.25) is 4.98 Å². The van der Waals surface area contributed by atoms with Gasteiger partial charge in [-0.1, -0.05) is 13.3 Å². The number of aromatic nitrogens is 1. The summed E-state index contributed by atoms with van der Waals surface area (Å²) in [5, 5.41) is 10.0. The van der Waals surface area contributed by atoms with E-state index in [0.29, 0.717) is 12.4 Å². The van der Waals surface area contributed by atoms with Crippen LogP contribution in [0.15, 0.2) is 6.20 Å². The Kier molecular flexibility index (Phi) is 2.43. The van der Waals surface area contributed by atoms with Gasteiger partial charge in [0, 0.05) is 17.3 Å². The van der Waals surface area contributed by atoms with Crippen molar-refractivity contribution in [2.24, 2.45) is 0 Å². The second kappa shape index (κ2) is 3.49. The summed E-state index contributed by atoms with van der Waals surface area (Å²) in [6.45, 7) is 6.57. The summed E-state index contributed by atoms with van der Waals surface area (Å²) in [4.78, 5) is 4.31. The number of fused-ring (bicyclic) bond motifs is 1. The van der Waals surface area contributed by atoms with Crippen molar-refractivity contribution in [3.8, 4) is 5.75 Å². The van der Waals surface area contributed by atoms with Gasteiger partial charge >= 0.3 is 0 Å². The molecule has 0 radical (unpaired) electrons. The molecule has 1 N–H and O–H groups in total. The van der Waals surface area contributed by atoms with Crippen LogP contribution >= 0.6 is 0 Å². The molecule has 82 valence electrons. The highest BCUT2D eigenvalue weighted by Crippen LogP contribution is 2.40. The van der Waals surface area contributed by atoms with Gasteiger partial charge in [0.05, 0.1) is 17.9 Å². The van der Waals surface area contributed by atoms with Crippen molar-refractivity contribution in [1.29, 1.82) is 0 Å². The molecule has 2 rings (SSSR count). The Bertz CT molecular complexity index is 385. The number of pyridine rings is 1. The highest BCUT2D eigenvalue weighted by Gasteiger charge is 2.33. The van der Waals surface area contributed by atoms with Crippen molar-refractivity contribution in [3.63, 3.8) is 0 Å². The number of aromatic hydroxyl groups is 1. The van der Waals surface area contributed by atoms with E-state index in [9.17, 15) is 5.11 Å². The first-order valence-corrected chi connectivity index (χ1v) is 5.40. The van der Waals surface area contributed by atoms with E-state index in [1.54, 1.807) is 0 Å². The van der Waals surface area contributed by atoms with E-state index in [2.05, 4.69) is 11.9 Å². The number of hydrogen-bond acceptors (Lipinski definition) is 3. The Balaban J connectivity index is 2.47. The van der Waals surface area contributed by atoms with Gasteiger partial charge in [0.25, 0.3) is 0 Å². The number of rotatable bonds is 2. The summed E-state index contributed by atoms with van der Waals surface area (Å²) < 4.78 is 5.62. The molecule has 0 unspecified atom stereocenters. The van der Waals surface area contributed by atoms with Crippen molar-refractivity contribution < 1.29 is 9.84 Å². The minimum Gasteiger partial charge on any atom is -0.506 e. The molecular weight excluding hydrogens is 190 g/mol. The molecule has 0 atom stereocenters. The lowest BCUT2D eigenvalue weighted by atomic mass is 9.97. The monoisotopic (exact) mass is 207 g/mol. The fourth-order valence-corrected chi connectivity index (χ4v) is 2.00. The lowest BCUT2D eigenvalue weighted by molar-refractivity contribution is -0.00821. The van der Waals surface area contributed by atoms with Gasteiger partial charge in [-0.25, -0.2) is 0 Å². The normalized spacial score (nSPS) is 17.8. The smallest absolute Gasteiger partial charge is 0.142 e. The standard InChI is InChI=1S/C12H17NO2/c1-4-5-10-11(14)8-7-15-12(2,3)9(8)6-13-10/h6,14H,4-5,7H2,1-3H3. The third-order valence-electron chi connectivity index (χ3n) is 2.95. The average molecular weight is 207 g/mol. The Morgan fingerprint density at radius 2 is 2.27 bits per heavy atom. The SMILES string of the molecule is CCCc1ncc2c(c1O)COC2(C)C. The highest BCUT2D eigenvalue weighted by molar-refractivity contribution is 5.45. The quantitative estimate of drug-likeness (QED) is 0.810. The maximum atomic E-state index is 10.0. The third kappa shape index (κ3) is 1.61. The molecular formula is C12H17NO2. The molecule has 3 nitrogen and oxygen atoms in total. The lowest BCUT2D eigenvalue weighted by Gasteiger charge is -2.17. The van der Waals surface area contributed by atoms with Gasteiger partial charge < -0.3 is 9.84 Å². The molecule has 0 amide bonds. The molecule has 0 aromatic carbocycles. The van der Waals surface area contributed by atoms with E-state index in [4.69, 9.17) is 4.74 Å². The first kappa shape index (κ1) is 10.4. The number of ether oxygens (including phenoxy) is 1. The zero-order chi connectivity index (χ0) is 11.1. The zero-order valence-corrected chi connectivity index (χ0v) is 9.50. The predicted molar refractivity (Wildman–Crippen MR) is 57.7 cm³/mol. The Morgan fingerprint density at radius 1 is 1.53 bits per heavy atom. The molecule has 3 heteroatoms. The van der Waals surface area contributed by atoms with E-state index in [-0.39, 0.29) is 5.60 Å². The summed E-state index contributed by atoms with van der Waals surface area (Å²) in [5.74, 6) is 0.333. The van der Waals surface area contributed by atoms with Crippen molar-refractivity contribution in [1.82, 2.24) is 4.98 Å². The van der Waals surface area contributed by atoms with Crippen LogP contribution in [0.25, 0.3) is 0 Å². The van der Waals surface area contributed by atoms with Gasteiger partial charge in [0.2, 0.25) is 0 Å². The molecule has 1 aromatic heterocycles. The van der Waals surface area contributed by atoms with Gasteiger partial charge in [0.1, 0.15) is 5.75 Å². The van der Waals surface area contributed by atoms with Crippen LogP contribution in [0.5, 0.6) is 5.75 Å². The first-order chi connectivity index (χ1) is 7.06. The second-order valence-electron chi connectivity index (χ2n) is 4.49. The van der Waals surface area contributed by atoms with Crippen LogP contribution in [0, 0.1) is 0 Å². The Morgan fingerprint density at radius 3 is 2.93 bits per heavy atom. The predicted octanol–water partition coefficient (Wildman–Crippen LogP) is 2.51. The molecule has 1 aliphatic heterocycles. The van der Waals surface area contributed by atoms with E-state index >= 15 is 0 Å². The maximum absolute atomic E-state index is 10.0. The van der Waals surface area contributed by atoms with Crippen molar-refractivity contribution in [2.75, 3.05) is 0 Å². The minimum atomic E-state index is -0.315. The van der Waals surface area contributed by atoms with E-state index in [0.717, 1.165) is 29.7 Å². The van der Waals surface area contributed by atoms with E-state index in [1.807, 2.05) is 20.0 Å². The van der Waals surface area contributed by atoms with Gasteiger partial charge in [-0.15, -0.1) is 0 Å². The molecule has 0 fully saturated rings. The summed E-state index contributed by atoms with van der Waals surface area (Å²) >= 11 is 0. The molecule has 1 aliphatic rings. The van der Waals surface area contributed by atoms with Crippen LogP contribution in [0.3, 0.4) is 0 Å². The summed E-state index contributed by atoms with van der Waals surface area (Å²) in [6.07, 6.45) is 3.65. The van der Waals surface area contributed by atoms with Crippen LogP contribution in [0.4, 0.5) is 0 Å². The molecule has 0 saturated carbocycles. The third-order valence-corrected chi connectivity index (χ3v) is 2.95. The van der Waals surface area contributed by atoms with E-state index < -0.39 is 0 Å². The highest BCUT2D eigenvalue weighted by atomic mass is 16.5. The molecule has 1 aromatic rings. The van der Waals surface area contributed by atoms with Crippen LogP contribution in [0.1, 0.15) is 44.0 Å². The summed E-state index contributed by atoms with van der Waals surface area (Å²) in [6, 6.07) is 0. The molecule has 2 heterocycles. The second-order valence-corrected chi connectivity index (χ2v) is 4.49. The van der Waals surface area contributed by atoms with Crippen LogP contribution in [-0.4, -0.2) is 10.1 Å². The molecule has 0 spiro atoms. The van der Waals surface area contributed by atoms with Gasteiger partial charge in [-0.05, 0) is 20.3 Å². The largest absolute Gasteiger partial charge is 0.506 e. The number of aryl methyl sites for hydroxylation is 1. The van der Waals surface area contributed by atoms with Crippen molar-refractivity contribution in [2.45, 2.75) is 45.8 Å². The minimum absolute atomic E-state index is 0.315. The number of nitrogens with zero attached hydrogens (tertiary/aromatic N) is 1. The van der Waals surface area contributed by atoms with Crippen molar-refractivity contribution >= 4 is 0 Å². The van der Waals surface area contributed by atoms with E-state index in [1.165, 1.54) is 0 Å². The van der Waals surface area contributed by atoms with Crippen LogP contribution in [-0.2, 0) is 23.4 Å². The average Bonchev–Trinajstić information content (AvgIpc) is 2.48. The Labute approximate surface area is 90.1 Å². The molecule has 0 bridgehead atoms. The fourth-order valence-electron chi connectivity index (χ4n) is 2.00. The van der Waals surface area contributed by atoms with Gasteiger partial charge in [0.15, 0.2) is 0 Å². The Hall–Kier alpha value is -1.09. The summed E-state index contributed by atoms with van der Waals surface area (Å²) in [5.41, 5.74) is 2.40. The van der Waals surface area contributed by atoms with Gasteiger partial charge in [-0.2, -0.15) is 0 Å². The fraction of sp³-hybridized carbons (Fsp3) is 0.583. The first-order valence-electron chi connectivity index (χ1n) is 5.40. The topological polar surface area (TPSA) is 42.4 Å². The van der Waals surface area contributed by atoms with Crippen molar-refractivity contribution in [3.05, 3.63) is 23.0 Å². The maximum Gasteiger partial charge on any atom is 0.142 e. The lowest BCUT2D eigenvalue weighted by Crippen LogP contribution is -2.15. The molecule has 0 saturated heterocycles. The summed E-state index contributed by atoms with van der Waals surface area (Å²) in [7, 11) is 0.